The third kappa shape index (κ3) is 8.89. The number of aldehydes is 1. The molecule has 0 aliphatic heterocycles. The van der Waals surface area contributed by atoms with Crippen LogP contribution in [-0.2, 0) is 21.9 Å². The number of rotatable bonds is 2. The molecule has 0 rings (SSSR count). The average Bonchev–Trinajstić information content (AvgIpc) is 1.41. The monoisotopic (exact) mass is 127 g/mol. The molecule has 2 heteroatoms. The van der Waals surface area contributed by atoms with Gasteiger partial charge in [-0.05, 0) is 6.42 Å². The number of carbonyl (C=O) groups is 1. The van der Waals surface area contributed by atoms with Gasteiger partial charge in [0.1, 0.15) is 6.29 Å². The van der Waals surface area contributed by atoms with E-state index >= 15 is 0 Å². The van der Waals surface area contributed by atoms with Crippen LogP contribution in [0.25, 0.3) is 0 Å². The van der Waals surface area contributed by atoms with Crippen molar-refractivity contribution >= 4 is 6.29 Å². The maximum absolute atomic E-state index is 9.40. The Kier molecular flexibility index (Phi) is 14.2. The maximum atomic E-state index is 9.40. The molecule has 0 aromatic carbocycles. The first-order valence-corrected chi connectivity index (χ1v) is 1.85. The van der Waals surface area contributed by atoms with E-state index in [1.165, 1.54) is 0 Å². The van der Waals surface area contributed by atoms with Crippen LogP contribution in [0.1, 0.15) is 19.8 Å². The molecule has 0 bridgehead atoms. The summed E-state index contributed by atoms with van der Waals surface area (Å²) in [6.45, 7) is 1.98. The van der Waals surface area contributed by atoms with Gasteiger partial charge in [0.05, 0.1) is 0 Å². The van der Waals surface area contributed by atoms with E-state index in [0.717, 1.165) is 12.7 Å². The summed E-state index contributed by atoms with van der Waals surface area (Å²) in [7, 11) is 0. The number of carbonyl (C=O) groups excluding carboxylic acids is 1. The van der Waals surface area contributed by atoms with Gasteiger partial charge in [-0.2, -0.15) is 0 Å². The first-order chi connectivity index (χ1) is 2.41. The summed E-state index contributed by atoms with van der Waals surface area (Å²) in [6.07, 6.45) is 2.61. The summed E-state index contributed by atoms with van der Waals surface area (Å²) in [5, 5.41) is 0. The average molecular weight is 127 g/mol. The SMILES string of the molecule is CCCC=O.[Mn]. The van der Waals surface area contributed by atoms with Crippen molar-refractivity contribution in [3.63, 3.8) is 0 Å². The van der Waals surface area contributed by atoms with Gasteiger partial charge in [-0.25, -0.2) is 0 Å². The van der Waals surface area contributed by atoms with Crippen molar-refractivity contribution in [1.29, 1.82) is 0 Å². The third-order valence-corrected chi connectivity index (χ3v) is 0.407. The molecular formula is C4H8MnO. The molecule has 0 unspecified atom stereocenters. The second-order valence-electron chi connectivity index (χ2n) is 0.955. The minimum atomic E-state index is 0. The first-order valence-electron chi connectivity index (χ1n) is 1.85. The zero-order valence-corrected chi connectivity index (χ0v) is 4.96. The van der Waals surface area contributed by atoms with Crippen LogP contribution in [0.4, 0.5) is 0 Å². The van der Waals surface area contributed by atoms with E-state index < -0.39 is 0 Å². The van der Waals surface area contributed by atoms with E-state index in [0.29, 0.717) is 6.42 Å². The summed E-state index contributed by atoms with van der Waals surface area (Å²) in [5.41, 5.74) is 0. The molecule has 0 aromatic rings. The molecule has 0 atom stereocenters. The molecule has 0 aromatic heterocycles. The van der Waals surface area contributed by atoms with Crippen molar-refractivity contribution in [3.8, 4) is 0 Å². The summed E-state index contributed by atoms with van der Waals surface area (Å²) in [6, 6.07) is 0. The maximum Gasteiger partial charge on any atom is 0.119 e. The Labute approximate surface area is 48.6 Å². The molecule has 0 saturated carbocycles. The largest absolute Gasteiger partial charge is 0.303 e. The van der Waals surface area contributed by atoms with Crippen molar-refractivity contribution < 1.29 is 21.9 Å². The first kappa shape index (κ1) is 9.50. The Morgan fingerprint density at radius 3 is 2.17 bits per heavy atom. The molecule has 0 fully saturated rings. The van der Waals surface area contributed by atoms with Crippen LogP contribution >= 0.6 is 0 Å². The third-order valence-electron chi connectivity index (χ3n) is 0.407. The van der Waals surface area contributed by atoms with Crippen molar-refractivity contribution in [2.75, 3.05) is 0 Å². The second kappa shape index (κ2) is 8.95. The van der Waals surface area contributed by atoms with Gasteiger partial charge in [0.25, 0.3) is 0 Å². The Balaban J connectivity index is 0. The van der Waals surface area contributed by atoms with E-state index in [1.54, 1.807) is 0 Å². The minimum Gasteiger partial charge on any atom is -0.303 e. The molecule has 0 spiro atoms. The van der Waals surface area contributed by atoms with Crippen LogP contribution in [0.2, 0.25) is 0 Å². The fourth-order valence-electron chi connectivity index (χ4n) is 0.118. The summed E-state index contributed by atoms with van der Waals surface area (Å²) in [5.74, 6) is 0. The van der Waals surface area contributed by atoms with Gasteiger partial charge in [0, 0.05) is 23.5 Å². The molecule has 6 heavy (non-hydrogen) atoms. The van der Waals surface area contributed by atoms with Gasteiger partial charge in [-0.1, -0.05) is 6.92 Å². The minimum absolute atomic E-state index is 0. The van der Waals surface area contributed by atoms with Gasteiger partial charge in [-0.15, -0.1) is 0 Å². The van der Waals surface area contributed by atoms with Gasteiger partial charge in [0.2, 0.25) is 0 Å². The van der Waals surface area contributed by atoms with E-state index in [9.17, 15) is 4.79 Å². The van der Waals surface area contributed by atoms with Crippen LogP contribution in [0, 0.1) is 0 Å². The van der Waals surface area contributed by atoms with Crippen molar-refractivity contribution in [1.82, 2.24) is 0 Å². The normalized spacial score (nSPS) is 6.17. The predicted molar refractivity (Wildman–Crippen MR) is 21.0 cm³/mol. The standard InChI is InChI=1S/C4H8O.Mn/c1-2-3-4-5;/h4H,2-3H2,1H3;. The molecule has 0 amide bonds. The van der Waals surface area contributed by atoms with Crippen LogP contribution in [0.3, 0.4) is 0 Å². The topological polar surface area (TPSA) is 17.1 Å². The summed E-state index contributed by atoms with van der Waals surface area (Å²) in [4.78, 5) is 9.40. The molecule has 37 valence electrons. The van der Waals surface area contributed by atoms with Crippen LogP contribution in [0.5, 0.6) is 0 Å². The van der Waals surface area contributed by atoms with Gasteiger partial charge >= 0.3 is 0 Å². The molecule has 1 nitrogen and oxygen atoms in total. The van der Waals surface area contributed by atoms with Crippen LogP contribution in [-0.4, -0.2) is 6.29 Å². The Bertz CT molecular complexity index is 28.7. The molecule has 0 aliphatic rings. The second-order valence-corrected chi connectivity index (χ2v) is 0.955. The Morgan fingerprint density at radius 2 is 2.17 bits per heavy atom. The quantitative estimate of drug-likeness (QED) is 0.399. The fraction of sp³-hybridized carbons (Fsp3) is 0.750. The van der Waals surface area contributed by atoms with Gasteiger partial charge in [-0.3, -0.25) is 0 Å². The zero-order valence-electron chi connectivity index (χ0n) is 3.78. The van der Waals surface area contributed by atoms with Crippen molar-refractivity contribution in [2.24, 2.45) is 0 Å². The van der Waals surface area contributed by atoms with E-state index in [2.05, 4.69) is 0 Å². The van der Waals surface area contributed by atoms with E-state index in [1.807, 2.05) is 6.92 Å². The molecule has 0 aliphatic carbocycles. The molecule has 0 N–H and O–H groups in total. The van der Waals surface area contributed by atoms with Crippen molar-refractivity contribution in [2.45, 2.75) is 19.8 Å². The van der Waals surface area contributed by atoms with Gasteiger partial charge in [0.15, 0.2) is 0 Å². The number of hydrogen-bond acceptors (Lipinski definition) is 1. The fourth-order valence-corrected chi connectivity index (χ4v) is 0.118. The van der Waals surface area contributed by atoms with Gasteiger partial charge < -0.3 is 4.79 Å². The molecule has 0 heterocycles. The smallest absolute Gasteiger partial charge is 0.119 e. The van der Waals surface area contributed by atoms with Crippen LogP contribution in [0.15, 0.2) is 0 Å². The molecular weight excluding hydrogens is 119 g/mol. The van der Waals surface area contributed by atoms with E-state index in [-0.39, 0.29) is 17.1 Å². The summed E-state index contributed by atoms with van der Waals surface area (Å²) >= 11 is 0. The Morgan fingerprint density at radius 1 is 1.67 bits per heavy atom. The Hall–Kier alpha value is 0.189. The predicted octanol–water partition coefficient (Wildman–Crippen LogP) is 0.983. The summed E-state index contributed by atoms with van der Waals surface area (Å²) < 4.78 is 0. The number of unbranched alkanes of at least 4 members (excludes halogenated alkanes) is 1. The zero-order chi connectivity index (χ0) is 4.12. The van der Waals surface area contributed by atoms with E-state index in [4.69, 9.17) is 0 Å². The van der Waals surface area contributed by atoms with Crippen LogP contribution < -0.4 is 0 Å². The number of hydrogen-bond donors (Lipinski definition) is 0. The van der Waals surface area contributed by atoms with Crippen molar-refractivity contribution in [3.05, 3.63) is 0 Å². The molecule has 0 saturated heterocycles. The molecule has 1 radical (unpaired) electrons.